The summed E-state index contributed by atoms with van der Waals surface area (Å²) >= 11 is 0. The van der Waals surface area contributed by atoms with Crippen LogP contribution in [-0.4, -0.2) is 58.3 Å². The van der Waals surface area contributed by atoms with Crippen molar-refractivity contribution in [1.82, 2.24) is 14.0 Å². The zero-order valence-electron chi connectivity index (χ0n) is 17.7. The van der Waals surface area contributed by atoms with E-state index in [9.17, 15) is 14.4 Å². The third-order valence-corrected chi connectivity index (χ3v) is 5.99. The molecule has 0 aromatic carbocycles. The van der Waals surface area contributed by atoms with Crippen molar-refractivity contribution in [3.63, 3.8) is 0 Å². The summed E-state index contributed by atoms with van der Waals surface area (Å²) in [5.74, 6) is -0.0168. The predicted molar refractivity (Wildman–Crippen MR) is 112 cm³/mol. The Labute approximate surface area is 171 Å². The second kappa shape index (κ2) is 9.02. The van der Waals surface area contributed by atoms with Crippen LogP contribution in [0.5, 0.6) is 0 Å². The molecule has 2 aliphatic heterocycles. The lowest BCUT2D eigenvalue weighted by atomic mass is 9.97. The number of aromatic nitrogens is 2. The Bertz CT molecular complexity index is 846. The fraction of sp³-hybridized carbons (Fsp3) is 0.750. The molecule has 1 amide bonds. The minimum absolute atomic E-state index is 0.104. The van der Waals surface area contributed by atoms with Crippen LogP contribution >= 0.6 is 0 Å². The third-order valence-electron chi connectivity index (χ3n) is 5.99. The quantitative estimate of drug-likeness (QED) is 0.768. The second-order valence-electron chi connectivity index (χ2n) is 8.09. The maximum absolute atomic E-state index is 13.3. The molecule has 2 N–H and O–H groups in total. The third kappa shape index (κ3) is 4.19. The number of amides is 1. The number of hydrogen-bond donors (Lipinski definition) is 1. The van der Waals surface area contributed by atoms with Crippen molar-refractivity contribution < 1.29 is 9.53 Å². The molecule has 2 aliphatic rings. The first-order valence-corrected chi connectivity index (χ1v) is 10.6. The molecule has 1 aromatic rings. The van der Waals surface area contributed by atoms with Crippen LogP contribution in [0.3, 0.4) is 0 Å². The van der Waals surface area contributed by atoms with Crippen molar-refractivity contribution in [3.05, 3.63) is 20.8 Å². The molecular weight excluding hydrogens is 374 g/mol. The van der Waals surface area contributed by atoms with Gasteiger partial charge < -0.3 is 20.3 Å². The van der Waals surface area contributed by atoms with Gasteiger partial charge in [-0.3, -0.25) is 14.2 Å². The van der Waals surface area contributed by atoms with E-state index in [1.807, 2.05) is 30.6 Å². The summed E-state index contributed by atoms with van der Waals surface area (Å²) in [6, 6.07) is 0.208. The number of nitrogen functional groups attached to an aromatic ring is 1. The van der Waals surface area contributed by atoms with Gasteiger partial charge in [0.15, 0.2) is 0 Å². The van der Waals surface area contributed by atoms with Crippen molar-refractivity contribution in [2.24, 2.45) is 0 Å². The molecule has 0 unspecified atom stereocenters. The summed E-state index contributed by atoms with van der Waals surface area (Å²) in [4.78, 5) is 43.1. The lowest BCUT2D eigenvalue weighted by Gasteiger charge is -2.39. The Morgan fingerprint density at radius 2 is 1.72 bits per heavy atom. The number of nitrogens with zero attached hydrogens (tertiary/aromatic N) is 4. The molecule has 2 fully saturated rings. The number of rotatable bonds is 5. The highest BCUT2D eigenvalue weighted by Gasteiger charge is 2.31. The number of likely N-dealkylation sites (tertiary alicyclic amines) is 1. The molecule has 3 heterocycles. The van der Waals surface area contributed by atoms with Crippen LogP contribution in [0.25, 0.3) is 0 Å². The second-order valence-corrected chi connectivity index (χ2v) is 8.09. The van der Waals surface area contributed by atoms with E-state index in [2.05, 4.69) is 0 Å². The standard InChI is InChI=1S/C20H33N5O4/c1-4-8-23-18(21)17(22-9-11-29-12-10-22)19(27)24(20(23)28)13-16(26)25-14(2)6-5-7-15(25)3/h14-15H,4-13,21H2,1-3H3/t14-,15-/m1/s1. The van der Waals surface area contributed by atoms with E-state index in [1.54, 1.807) is 0 Å². The van der Waals surface area contributed by atoms with Gasteiger partial charge in [0.2, 0.25) is 5.91 Å². The van der Waals surface area contributed by atoms with E-state index in [0.717, 1.165) is 23.8 Å². The largest absolute Gasteiger partial charge is 0.383 e. The van der Waals surface area contributed by atoms with Gasteiger partial charge in [-0.25, -0.2) is 9.36 Å². The first kappa shape index (κ1) is 21.4. The molecule has 29 heavy (non-hydrogen) atoms. The average molecular weight is 408 g/mol. The lowest BCUT2D eigenvalue weighted by molar-refractivity contribution is -0.138. The SMILES string of the molecule is CCCn1c(N)c(N2CCOCC2)c(=O)n(CC(=O)N2[C@H](C)CCC[C@H]2C)c1=O. The smallest absolute Gasteiger partial charge is 0.333 e. The van der Waals surface area contributed by atoms with Crippen molar-refractivity contribution in [2.45, 2.75) is 71.6 Å². The maximum Gasteiger partial charge on any atom is 0.333 e. The molecule has 2 saturated heterocycles. The molecule has 0 saturated carbocycles. The molecule has 0 aliphatic carbocycles. The van der Waals surface area contributed by atoms with Gasteiger partial charge >= 0.3 is 5.69 Å². The highest BCUT2D eigenvalue weighted by Crippen LogP contribution is 2.23. The summed E-state index contributed by atoms with van der Waals surface area (Å²) in [5, 5.41) is 0. The number of carbonyl (C=O) groups is 1. The van der Waals surface area contributed by atoms with E-state index in [-0.39, 0.29) is 30.4 Å². The summed E-state index contributed by atoms with van der Waals surface area (Å²) in [7, 11) is 0. The van der Waals surface area contributed by atoms with Gasteiger partial charge in [-0.05, 0) is 39.5 Å². The summed E-state index contributed by atoms with van der Waals surface area (Å²) in [5.41, 5.74) is 5.55. The fourth-order valence-electron chi connectivity index (χ4n) is 4.49. The van der Waals surface area contributed by atoms with Gasteiger partial charge in [0, 0.05) is 31.7 Å². The van der Waals surface area contributed by atoms with Crippen LogP contribution in [0, 0.1) is 0 Å². The predicted octanol–water partition coefficient (Wildman–Crippen LogP) is 0.628. The normalized spacial score (nSPS) is 22.7. The average Bonchev–Trinajstić information content (AvgIpc) is 2.69. The van der Waals surface area contributed by atoms with Gasteiger partial charge in [0.25, 0.3) is 5.56 Å². The minimum atomic E-state index is -0.517. The molecule has 0 spiro atoms. The molecule has 1 aromatic heterocycles. The van der Waals surface area contributed by atoms with Crippen molar-refractivity contribution >= 4 is 17.4 Å². The van der Waals surface area contributed by atoms with E-state index in [0.29, 0.717) is 45.0 Å². The van der Waals surface area contributed by atoms with Crippen LogP contribution in [-0.2, 0) is 22.6 Å². The van der Waals surface area contributed by atoms with Crippen molar-refractivity contribution in [3.8, 4) is 0 Å². The Morgan fingerprint density at radius 3 is 2.31 bits per heavy atom. The van der Waals surface area contributed by atoms with Gasteiger partial charge in [-0.2, -0.15) is 0 Å². The molecule has 162 valence electrons. The van der Waals surface area contributed by atoms with Gasteiger partial charge in [0.1, 0.15) is 18.1 Å². The van der Waals surface area contributed by atoms with Gasteiger partial charge in [-0.15, -0.1) is 0 Å². The minimum Gasteiger partial charge on any atom is -0.383 e. The van der Waals surface area contributed by atoms with E-state index in [4.69, 9.17) is 10.5 Å². The van der Waals surface area contributed by atoms with Gasteiger partial charge in [0.05, 0.1) is 13.2 Å². The lowest BCUT2D eigenvalue weighted by Crippen LogP contribution is -2.52. The Morgan fingerprint density at radius 1 is 1.10 bits per heavy atom. The van der Waals surface area contributed by atoms with E-state index < -0.39 is 11.2 Å². The Kier molecular flexibility index (Phi) is 6.66. The Balaban J connectivity index is 2.03. The molecule has 9 nitrogen and oxygen atoms in total. The van der Waals surface area contributed by atoms with E-state index in [1.165, 1.54) is 4.57 Å². The van der Waals surface area contributed by atoms with E-state index >= 15 is 0 Å². The summed E-state index contributed by atoms with van der Waals surface area (Å²) < 4.78 is 7.86. The topological polar surface area (TPSA) is 103 Å². The number of hydrogen-bond acceptors (Lipinski definition) is 6. The maximum atomic E-state index is 13.3. The number of carbonyl (C=O) groups excluding carboxylic acids is 1. The molecule has 0 bridgehead atoms. The Hall–Kier alpha value is -2.29. The molecular formula is C20H33N5O4. The van der Waals surface area contributed by atoms with Crippen LogP contribution in [0.4, 0.5) is 11.5 Å². The summed E-state index contributed by atoms with van der Waals surface area (Å²) in [6.07, 6.45) is 3.65. The highest BCUT2D eigenvalue weighted by molar-refractivity contribution is 5.77. The monoisotopic (exact) mass is 407 g/mol. The zero-order valence-corrected chi connectivity index (χ0v) is 17.7. The number of nitrogens with two attached hydrogens (primary N) is 1. The molecule has 2 atom stereocenters. The fourth-order valence-corrected chi connectivity index (χ4v) is 4.49. The van der Waals surface area contributed by atoms with Crippen LogP contribution in [0.15, 0.2) is 9.59 Å². The first-order chi connectivity index (χ1) is 13.9. The molecule has 9 heteroatoms. The number of morpholine rings is 1. The van der Waals surface area contributed by atoms with Crippen molar-refractivity contribution in [2.75, 3.05) is 36.9 Å². The van der Waals surface area contributed by atoms with Gasteiger partial charge in [-0.1, -0.05) is 6.92 Å². The molecule has 0 radical (unpaired) electrons. The van der Waals surface area contributed by atoms with Crippen molar-refractivity contribution in [1.29, 1.82) is 0 Å². The number of piperidine rings is 1. The van der Waals surface area contributed by atoms with Crippen LogP contribution in [0.1, 0.15) is 46.5 Å². The summed E-state index contributed by atoms with van der Waals surface area (Å²) in [6.45, 7) is 8.16. The first-order valence-electron chi connectivity index (χ1n) is 10.6. The molecule has 3 rings (SSSR count). The zero-order chi connectivity index (χ0) is 21.1. The number of anilines is 2. The highest BCUT2D eigenvalue weighted by atomic mass is 16.5. The van der Waals surface area contributed by atoms with Crippen LogP contribution < -0.4 is 21.9 Å². The number of ether oxygens (including phenoxy) is 1. The van der Waals surface area contributed by atoms with Crippen LogP contribution in [0.2, 0.25) is 0 Å².